The standard InChI is InChI=1S/C17H21FN4O/c1-12-10-16(21(2)20-12)19-17(23)22-9-3-4-15(22)11-13-5-7-14(18)8-6-13/h5-8,10,15H,3-4,9,11H2,1-2H3,(H,19,23)/t15-/m0/s1. The third kappa shape index (κ3) is 3.52. The number of hydrogen-bond donors (Lipinski definition) is 1. The van der Waals surface area contributed by atoms with Crippen LogP contribution in [0.3, 0.4) is 0 Å². The number of carbonyl (C=O) groups excluding carboxylic acids is 1. The van der Waals surface area contributed by atoms with Gasteiger partial charge in [0, 0.05) is 25.7 Å². The Balaban J connectivity index is 1.67. The summed E-state index contributed by atoms with van der Waals surface area (Å²) in [6.07, 6.45) is 2.71. The topological polar surface area (TPSA) is 50.2 Å². The van der Waals surface area contributed by atoms with E-state index in [1.165, 1.54) is 12.1 Å². The minimum absolute atomic E-state index is 0.0994. The highest BCUT2D eigenvalue weighted by Crippen LogP contribution is 2.22. The van der Waals surface area contributed by atoms with Gasteiger partial charge in [-0.2, -0.15) is 5.10 Å². The lowest BCUT2D eigenvalue weighted by molar-refractivity contribution is 0.206. The molecule has 1 atom stereocenters. The fraction of sp³-hybridized carbons (Fsp3) is 0.412. The number of aromatic nitrogens is 2. The molecule has 23 heavy (non-hydrogen) atoms. The summed E-state index contributed by atoms with van der Waals surface area (Å²) in [5, 5.41) is 7.16. The zero-order valence-corrected chi connectivity index (χ0v) is 13.4. The summed E-state index contributed by atoms with van der Waals surface area (Å²) in [6.45, 7) is 2.64. The third-order valence-corrected chi connectivity index (χ3v) is 4.26. The summed E-state index contributed by atoms with van der Waals surface area (Å²) < 4.78 is 14.7. The second-order valence-electron chi connectivity index (χ2n) is 6.04. The highest BCUT2D eigenvalue weighted by molar-refractivity contribution is 5.88. The fourth-order valence-electron chi connectivity index (χ4n) is 3.12. The van der Waals surface area contributed by atoms with E-state index in [9.17, 15) is 9.18 Å². The van der Waals surface area contributed by atoms with Gasteiger partial charge in [-0.05, 0) is 43.9 Å². The Labute approximate surface area is 135 Å². The average molecular weight is 316 g/mol. The van der Waals surface area contributed by atoms with Crippen molar-refractivity contribution in [2.45, 2.75) is 32.2 Å². The average Bonchev–Trinajstić information content (AvgIpc) is 3.08. The quantitative estimate of drug-likeness (QED) is 0.946. The first-order chi connectivity index (χ1) is 11.0. The van der Waals surface area contributed by atoms with Crippen LogP contribution in [0.5, 0.6) is 0 Å². The molecule has 6 heteroatoms. The van der Waals surface area contributed by atoms with Crippen LogP contribution in [0.25, 0.3) is 0 Å². The lowest BCUT2D eigenvalue weighted by Gasteiger charge is -2.25. The maximum atomic E-state index is 13.0. The molecule has 0 saturated carbocycles. The molecular formula is C17H21FN4O. The number of anilines is 1. The summed E-state index contributed by atoms with van der Waals surface area (Å²) in [6, 6.07) is 8.40. The summed E-state index contributed by atoms with van der Waals surface area (Å²) in [4.78, 5) is 14.4. The van der Waals surface area contributed by atoms with Gasteiger partial charge in [-0.1, -0.05) is 12.1 Å². The van der Waals surface area contributed by atoms with E-state index in [2.05, 4.69) is 10.4 Å². The number of halogens is 1. The van der Waals surface area contributed by atoms with Crippen LogP contribution < -0.4 is 5.32 Å². The normalized spacial score (nSPS) is 17.5. The molecule has 2 heterocycles. The van der Waals surface area contributed by atoms with Gasteiger partial charge < -0.3 is 4.90 Å². The number of nitrogens with zero attached hydrogens (tertiary/aromatic N) is 3. The van der Waals surface area contributed by atoms with Crippen molar-refractivity contribution in [1.29, 1.82) is 0 Å². The molecule has 5 nitrogen and oxygen atoms in total. The number of benzene rings is 1. The molecular weight excluding hydrogens is 295 g/mol. The van der Waals surface area contributed by atoms with E-state index in [1.807, 2.05) is 24.9 Å². The Bertz CT molecular complexity index is 695. The van der Waals surface area contributed by atoms with Gasteiger partial charge in [-0.25, -0.2) is 9.18 Å². The number of carbonyl (C=O) groups is 1. The van der Waals surface area contributed by atoms with Gasteiger partial charge in [0.15, 0.2) is 0 Å². The highest BCUT2D eigenvalue weighted by Gasteiger charge is 2.29. The van der Waals surface area contributed by atoms with Crippen LogP contribution in [-0.2, 0) is 13.5 Å². The molecule has 1 saturated heterocycles. The molecule has 0 aliphatic carbocycles. The summed E-state index contributed by atoms with van der Waals surface area (Å²) in [5.41, 5.74) is 1.92. The van der Waals surface area contributed by atoms with E-state index in [-0.39, 0.29) is 17.9 Å². The molecule has 1 fully saturated rings. The molecule has 1 aliphatic heterocycles. The van der Waals surface area contributed by atoms with Crippen LogP contribution in [-0.4, -0.2) is 33.3 Å². The predicted octanol–water partition coefficient (Wildman–Crippen LogP) is 3.11. The minimum Gasteiger partial charge on any atom is -0.321 e. The Kier molecular flexibility index (Phi) is 4.32. The van der Waals surface area contributed by atoms with Gasteiger partial charge >= 0.3 is 6.03 Å². The number of hydrogen-bond acceptors (Lipinski definition) is 2. The first kappa shape index (κ1) is 15.5. The summed E-state index contributed by atoms with van der Waals surface area (Å²) >= 11 is 0. The van der Waals surface area contributed by atoms with Crippen LogP contribution in [0, 0.1) is 12.7 Å². The number of amides is 2. The largest absolute Gasteiger partial charge is 0.323 e. The lowest BCUT2D eigenvalue weighted by Crippen LogP contribution is -2.40. The van der Waals surface area contributed by atoms with Gasteiger partial charge in [-0.15, -0.1) is 0 Å². The van der Waals surface area contributed by atoms with Crippen molar-refractivity contribution in [3.05, 3.63) is 47.4 Å². The second kappa shape index (κ2) is 6.40. The summed E-state index contributed by atoms with van der Waals surface area (Å²) in [7, 11) is 1.81. The van der Waals surface area contributed by atoms with Crippen molar-refractivity contribution in [2.24, 2.45) is 7.05 Å². The molecule has 1 N–H and O–H groups in total. The van der Waals surface area contributed by atoms with Gasteiger partial charge in [0.05, 0.1) is 5.69 Å². The monoisotopic (exact) mass is 316 g/mol. The van der Waals surface area contributed by atoms with Crippen molar-refractivity contribution in [1.82, 2.24) is 14.7 Å². The van der Waals surface area contributed by atoms with Gasteiger partial charge in [0.1, 0.15) is 11.6 Å². The Morgan fingerprint density at radius 2 is 2.13 bits per heavy atom. The summed E-state index contributed by atoms with van der Waals surface area (Å²) in [5.74, 6) is 0.460. The van der Waals surface area contributed by atoms with E-state index >= 15 is 0 Å². The first-order valence-corrected chi connectivity index (χ1v) is 7.85. The lowest BCUT2D eigenvalue weighted by atomic mass is 10.0. The van der Waals surface area contributed by atoms with Crippen molar-refractivity contribution >= 4 is 11.8 Å². The maximum absolute atomic E-state index is 13.0. The van der Waals surface area contributed by atoms with Crippen LogP contribution in [0.15, 0.2) is 30.3 Å². The second-order valence-corrected chi connectivity index (χ2v) is 6.04. The number of nitrogens with one attached hydrogen (secondary N) is 1. The van der Waals surface area contributed by atoms with E-state index in [4.69, 9.17) is 0 Å². The van der Waals surface area contributed by atoms with Crippen LogP contribution in [0.1, 0.15) is 24.1 Å². The first-order valence-electron chi connectivity index (χ1n) is 7.85. The molecule has 1 aromatic carbocycles. The SMILES string of the molecule is Cc1cc(NC(=O)N2CCC[C@H]2Cc2ccc(F)cc2)n(C)n1. The zero-order chi connectivity index (χ0) is 16.4. The molecule has 0 radical (unpaired) electrons. The van der Waals surface area contributed by atoms with Crippen molar-refractivity contribution in [2.75, 3.05) is 11.9 Å². The number of rotatable bonds is 3. The van der Waals surface area contributed by atoms with Gasteiger partial charge in [0.2, 0.25) is 0 Å². The number of aryl methyl sites for hydroxylation is 2. The predicted molar refractivity (Wildman–Crippen MR) is 86.8 cm³/mol. The molecule has 0 spiro atoms. The molecule has 2 aromatic rings. The van der Waals surface area contributed by atoms with Gasteiger partial charge in [0.25, 0.3) is 0 Å². The van der Waals surface area contributed by atoms with Crippen LogP contribution in [0.2, 0.25) is 0 Å². The third-order valence-electron chi connectivity index (χ3n) is 4.26. The van der Waals surface area contributed by atoms with Crippen molar-refractivity contribution in [3.8, 4) is 0 Å². The number of likely N-dealkylation sites (tertiary alicyclic amines) is 1. The zero-order valence-electron chi connectivity index (χ0n) is 13.4. The molecule has 0 unspecified atom stereocenters. The van der Waals surface area contributed by atoms with Gasteiger partial charge in [-0.3, -0.25) is 10.00 Å². The Morgan fingerprint density at radius 1 is 1.39 bits per heavy atom. The van der Waals surface area contributed by atoms with E-state index in [1.54, 1.807) is 16.8 Å². The molecule has 0 bridgehead atoms. The molecule has 3 rings (SSSR count). The molecule has 1 aromatic heterocycles. The molecule has 1 aliphatic rings. The van der Waals surface area contributed by atoms with E-state index in [0.717, 1.165) is 37.1 Å². The molecule has 2 amide bonds. The fourth-order valence-corrected chi connectivity index (χ4v) is 3.12. The van der Waals surface area contributed by atoms with Crippen molar-refractivity contribution in [3.63, 3.8) is 0 Å². The Morgan fingerprint density at radius 3 is 2.78 bits per heavy atom. The maximum Gasteiger partial charge on any atom is 0.323 e. The van der Waals surface area contributed by atoms with Crippen LogP contribution in [0.4, 0.5) is 15.0 Å². The van der Waals surface area contributed by atoms with Crippen molar-refractivity contribution < 1.29 is 9.18 Å². The minimum atomic E-state index is -0.235. The highest BCUT2D eigenvalue weighted by atomic mass is 19.1. The molecule has 122 valence electrons. The van der Waals surface area contributed by atoms with E-state index < -0.39 is 0 Å². The van der Waals surface area contributed by atoms with E-state index in [0.29, 0.717) is 5.82 Å². The number of urea groups is 1. The van der Waals surface area contributed by atoms with Crippen LogP contribution >= 0.6 is 0 Å². The smallest absolute Gasteiger partial charge is 0.321 e. The Hall–Kier alpha value is -2.37.